The number of carbonyl (C=O) groups excluding carboxylic acids is 1. The molecule has 5 heteroatoms. The van der Waals surface area contributed by atoms with Crippen LogP contribution < -0.4 is 16.5 Å². The first kappa shape index (κ1) is 13.7. The molecule has 0 amide bonds. The highest BCUT2D eigenvalue weighted by Crippen LogP contribution is 1.86. The van der Waals surface area contributed by atoms with Gasteiger partial charge < -0.3 is 10.3 Å². The third-order valence-electron chi connectivity index (χ3n) is 1.70. The van der Waals surface area contributed by atoms with Crippen LogP contribution in [0.1, 0.15) is 0 Å². The second-order valence-electron chi connectivity index (χ2n) is 3.07. The summed E-state index contributed by atoms with van der Waals surface area (Å²) in [7, 11) is 0. The molecular formula is C13H15N3O2. The topological polar surface area (TPSA) is 62.4 Å². The minimum absolute atomic E-state index is 0.0701. The zero-order valence-corrected chi connectivity index (χ0v) is 9.74. The smallest absolute Gasteiger partial charge is 0.178 e. The first-order valence-corrected chi connectivity index (χ1v) is 5.34. The minimum Gasteiger partial charge on any atom is -0.400 e. The summed E-state index contributed by atoms with van der Waals surface area (Å²) in [5.74, 6) is -0.0701. The fourth-order valence-corrected chi connectivity index (χ4v) is 0.936. The van der Waals surface area contributed by atoms with Crippen LogP contribution in [0.5, 0.6) is 0 Å². The van der Waals surface area contributed by atoms with E-state index in [1.54, 1.807) is 54.8 Å². The molecule has 0 radical (unpaired) electrons. The van der Waals surface area contributed by atoms with E-state index < -0.39 is 0 Å². The summed E-state index contributed by atoms with van der Waals surface area (Å²) in [6.07, 6.45) is 19.8. The molecule has 3 N–H and O–H groups in total. The molecule has 0 aromatic carbocycles. The highest BCUT2D eigenvalue weighted by molar-refractivity contribution is 5.99. The van der Waals surface area contributed by atoms with E-state index in [0.29, 0.717) is 0 Å². The van der Waals surface area contributed by atoms with Gasteiger partial charge in [0.25, 0.3) is 0 Å². The molecule has 0 fully saturated rings. The number of hydrogen-bond donors (Lipinski definition) is 3. The molecule has 0 aliphatic carbocycles. The van der Waals surface area contributed by atoms with Gasteiger partial charge in [-0.15, -0.1) is 5.53 Å². The second kappa shape index (κ2) is 9.83. The van der Waals surface area contributed by atoms with Crippen LogP contribution >= 0.6 is 0 Å². The Hall–Kier alpha value is -2.37. The minimum atomic E-state index is -0.0701. The van der Waals surface area contributed by atoms with Crippen LogP contribution in [-0.2, 0) is 9.63 Å². The van der Waals surface area contributed by atoms with E-state index in [-0.39, 0.29) is 5.78 Å². The Balaban J connectivity index is 2.58. The van der Waals surface area contributed by atoms with Crippen molar-refractivity contribution in [1.29, 1.82) is 0 Å². The highest BCUT2D eigenvalue weighted by Gasteiger charge is 1.83. The number of hydrazine groups is 2. The van der Waals surface area contributed by atoms with Gasteiger partial charge in [-0.3, -0.25) is 4.79 Å². The van der Waals surface area contributed by atoms with Crippen molar-refractivity contribution in [3.05, 3.63) is 73.2 Å². The maximum absolute atomic E-state index is 11.3. The SMILES string of the molecule is O=C1C=CC=CC=CNNNOC=CC=CC=C1. The Kier molecular flexibility index (Phi) is 7.48. The maximum Gasteiger partial charge on any atom is 0.178 e. The number of hydrogen-bond acceptors (Lipinski definition) is 5. The van der Waals surface area contributed by atoms with Crippen LogP contribution in [0.2, 0.25) is 0 Å². The van der Waals surface area contributed by atoms with Gasteiger partial charge in [0, 0.05) is 6.20 Å². The summed E-state index contributed by atoms with van der Waals surface area (Å²) in [6, 6.07) is 0. The zero-order chi connectivity index (χ0) is 12.9. The van der Waals surface area contributed by atoms with Crippen LogP contribution in [0.4, 0.5) is 0 Å². The molecule has 0 aromatic rings. The third-order valence-corrected chi connectivity index (χ3v) is 1.70. The van der Waals surface area contributed by atoms with Crippen molar-refractivity contribution in [1.82, 2.24) is 16.5 Å². The van der Waals surface area contributed by atoms with Crippen LogP contribution in [0.3, 0.4) is 0 Å². The van der Waals surface area contributed by atoms with E-state index in [9.17, 15) is 4.79 Å². The van der Waals surface area contributed by atoms with Gasteiger partial charge in [-0.05, 0) is 24.3 Å². The molecular weight excluding hydrogens is 230 g/mol. The first-order valence-electron chi connectivity index (χ1n) is 5.34. The Labute approximate surface area is 106 Å². The maximum atomic E-state index is 11.3. The van der Waals surface area contributed by atoms with Gasteiger partial charge >= 0.3 is 0 Å². The van der Waals surface area contributed by atoms with E-state index in [1.807, 2.05) is 0 Å². The van der Waals surface area contributed by atoms with Crippen molar-refractivity contribution in [2.24, 2.45) is 0 Å². The normalized spacial score (nSPS) is 17.2. The molecule has 5 nitrogen and oxygen atoms in total. The van der Waals surface area contributed by atoms with Gasteiger partial charge in [0.2, 0.25) is 0 Å². The second-order valence-corrected chi connectivity index (χ2v) is 3.07. The summed E-state index contributed by atoms with van der Waals surface area (Å²) < 4.78 is 0. The van der Waals surface area contributed by atoms with Crippen molar-refractivity contribution >= 4 is 5.78 Å². The predicted molar refractivity (Wildman–Crippen MR) is 70.3 cm³/mol. The molecule has 1 aliphatic heterocycles. The number of carbonyl (C=O) groups is 1. The van der Waals surface area contributed by atoms with E-state index >= 15 is 0 Å². The first-order chi connectivity index (χ1) is 8.89. The van der Waals surface area contributed by atoms with Crippen molar-refractivity contribution < 1.29 is 9.63 Å². The monoisotopic (exact) mass is 245 g/mol. The molecule has 0 bridgehead atoms. The highest BCUT2D eigenvalue weighted by atomic mass is 16.7. The Morgan fingerprint density at radius 3 is 2.28 bits per heavy atom. The Bertz CT molecular complexity index is 380. The number of rotatable bonds is 0. The molecule has 1 heterocycles. The van der Waals surface area contributed by atoms with E-state index in [0.717, 1.165) is 0 Å². The molecule has 94 valence electrons. The molecule has 18 heavy (non-hydrogen) atoms. The number of nitrogens with one attached hydrogen (secondary N) is 3. The molecule has 0 atom stereocenters. The quantitative estimate of drug-likeness (QED) is 0.601. The standard InChI is InChI=1S/C13H15N3O2/c17-13-9-5-1-3-7-11-14-15-16-18-12-8-4-2-6-10-13/h1-12,14-16H. The predicted octanol–water partition coefficient (Wildman–Crippen LogP) is 1.35. The van der Waals surface area contributed by atoms with Crippen LogP contribution in [0.25, 0.3) is 0 Å². The summed E-state index contributed by atoms with van der Waals surface area (Å²) >= 11 is 0. The third kappa shape index (κ3) is 7.86. The fraction of sp³-hybridized carbons (Fsp3) is 0. The Morgan fingerprint density at radius 2 is 1.50 bits per heavy atom. The number of ketones is 1. The van der Waals surface area contributed by atoms with Crippen LogP contribution in [0.15, 0.2) is 73.2 Å². The van der Waals surface area contributed by atoms with E-state index in [1.165, 1.54) is 18.4 Å². The number of allylic oxidation sites excluding steroid dienone is 10. The van der Waals surface area contributed by atoms with Gasteiger partial charge in [0.1, 0.15) is 6.26 Å². The lowest BCUT2D eigenvalue weighted by atomic mass is 10.3. The van der Waals surface area contributed by atoms with Gasteiger partial charge in [-0.2, -0.15) is 0 Å². The van der Waals surface area contributed by atoms with Gasteiger partial charge in [-0.25, -0.2) is 0 Å². The van der Waals surface area contributed by atoms with Crippen molar-refractivity contribution in [3.63, 3.8) is 0 Å². The van der Waals surface area contributed by atoms with E-state index in [4.69, 9.17) is 4.84 Å². The van der Waals surface area contributed by atoms with E-state index in [2.05, 4.69) is 16.5 Å². The van der Waals surface area contributed by atoms with Crippen LogP contribution in [0, 0.1) is 0 Å². The molecule has 0 saturated carbocycles. The molecule has 0 aromatic heterocycles. The fourth-order valence-electron chi connectivity index (χ4n) is 0.936. The molecule has 0 saturated heterocycles. The Morgan fingerprint density at radius 1 is 0.833 bits per heavy atom. The lowest BCUT2D eigenvalue weighted by Crippen LogP contribution is -2.39. The zero-order valence-electron chi connectivity index (χ0n) is 9.74. The molecule has 0 unspecified atom stereocenters. The summed E-state index contributed by atoms with van der Waals surface area (Å²) in [4.78, 5) is 16.2. The molecule has 0 spiro atoms. The van der Waals surface area contributed by atoms with Crippen molar-refractivity contribution in [2.45, 2.75) is 0 Å². The lowest BCUT2D eigenvalue weighted by molar-refractivity contribution is -0.110. The summed E-state index contributed by atoms with van der Waals surface area (Å²) in [5.41, 5.74) is 7.74. The van der Waals surface area contributed by atoms with Crippen LogP contribution in [-0.4, -0.2) is 5.78 Å². The van der Waals surface area contributed by atoms with Gasteiger partial charge in [0.05, 0.1) is 0 Å². The van der Waals surface area contributed by atoms with Crippen molar-refractivity contribution in [3.8, 4) is 0 Å². The van der Waals surface area contributed by atoms with Gasteiger partial charge in [-0.1, -0.05) is 42.0 Å². The average Bonchev–Trinajstić information content (AvgIpc) is 2.37. The summed E-state index contributed by atoms with van der Waals surface area (Å²) in [6.45, 7) is 0. The largest absolute Gasteiger partial charge is 0.400 e. The lowest BCUT2D eigenvalue weighted by Gasteiger charge is -2.02. The molecule has 1 rings (SSSR count). The van der Waals surface area contributed by atoms with Gasteiger partial charge in [0.15, 0.2) is 5.78 Å². The summed E-state index contributed by atoms with van der Waals surface area (Å²) in [5, 5.41) is 0. The average molecular weight is 245 g/mol. The van der Waals surface area contributed by atoms with Crippen molar-refractivity contribution in [2.75, 3.05) is 0 Å². The molecule has 1 aliphatic rings.